The van der Waals surface area contributed by atoms with Crippen molar-refractivity contribution in [3.8, 4) is 0 Å². The lowest BCUT2D eigenvalue weighted by Gasteiger charge is -2.42. The van der Waals surface area contributed by atoms with E-state index in [1.54, 1.807) is 0 Å². The molecule has 3 N–H and O–H groups in total. The Morgan fingerprint density at radius 3 is 2.32 bits per heavy atom. The largest absolute Gasteiger partial charge is 0.418 e. The second kappa shape index (κ2) is 10.5. The van der Waals surface area contributed by atoms with E-state index >= 15 is 0 Å². The number of rotatable bonds is 6. The van der Waals surface area contributed by atoms with Crippen LogP contribution in [0.5, 0.6) is 0 Å². The monoisotopic (exact) mass is 528 g/mol. The first-order valence-electron chi connectivity index (χ1n) is 10.8. The van der Waals surface area contributed by atoms with Gasteiger partial charge in [-0.3, -0.25) is 14.2 Å². The van der Waals surface area contributed by atoms with Crippen molar-refractivity contribution in [1.82, 2.24) is 14.7 Å². The summed E-state index contributed by atoms with van der Waals surface area (Å²) in [5.41, 5.74) is 3.43. The number of carbonyl (C=O) groups excluding carboxylic acids is 1. The molecule has 2 fully saturated rings. The summed E-state index contributed by atoms with van der Waals surface area (Å²) in [7, 11) is -3.00. The molecule has 1 amide bonds. The van der Waals surface area contributed by atoms with E-state index in [1.165, 1.54) is 4.90 Å². The number of nitrogens with zero attached hydrogens (tertiary/aromatic N) is 3. The topological polar surface area (TPSA) is 116 Å². The molecule has 2 aliphatic heterocycles. The first kappa shape index (κ1) is 27.0. The van der Waals surface area contributed by atoms with Gasteiger partial charge in [-0.2, -0.15) is 21.6 Å². The molecule has 2 saturated heterocycles. The molecule has 0 radical (unpaired) electrons. The number of anilines is 1. The summed E-state index contributed by atoms with van der Waals surface area (Å²) in [6, 6.07) is 2.08. The fraction of sp³-hybridized carbons (Fsp3) is 0.650. The van der Waals surface area contributed by atoms with Crippen molar-refractivity contribution in [3.63, 3.8) is 0 Å². The molecule has 2 aliphatic rings. The number of nitrogen functional groups attached to an aromatic ring is 1. The summed E-state index contributed by atoms with van der Waals surface area (Å²) in [5, 5.41) is -0.393. The summed E-state index contributed by atoms with van der Waals surface area (Å²) in [4.78, 5) is 19.1. The molecule has 14 heteroatoms. The smallest absolute Gasteiger partial charge is 0.397 e. The average molecular weight is 529 g/mol. The normalized spacial score (nSPS) is 20.5. The molecule has 192 valence electrons. The van der Waals surface area contributed by atoms with Crippen LogP contribution >= 0.6 is 11.6 Å². The van der Waals surface area contributed by atoms with Crippen LogP contribution < -0.4 is 5.73 Å². The second-order valence-corrected chi connectivity index (χ2v) is 10.1. The predicted molar refractivity (Wildman–Crippen MR) is 120 cm³/mol. The third-order valence-corrected chi connectivity index (χ3v) is 7.05. The molecule has 3 rings (SSSR count). The van der Waals surface area contributed by atoms with Crippen LogP contribution in [0.25, 0.3) is 0 Å². The lowest BCUT2D eigenvalue weighted by molar-refractivity contribution is -0.140. The Morgan fingerprint density at radius 2 is 1.79 bits per heavy atom. The number of amides is 1. The van der Waals surface area contributed by atoms with Gasteiger partial charge in [0.2, 0.25) is 0 Å². The molecule has 0 spiro atoms. The van der Waals surface area contributed by atoms with Crippen molar-refractivity contribution in [2.24, 2.45) is 0 Å². The third kappa shape index (κ3) is 6.95. The number of hydrogen-bond acceptors (Lipinski definition) is 7. The van der Waals surface area contributed by atoms with Gasteiger partial charge in [-0.25, -0.2) is 4.18 Å². The van der Waals surface area contributed by atoms with Gasteiger partial charge in [-0.05, 0) is 37.6 Å². The molecule has 0 bridgehead atoms. The van der Waals surface area contributed by atoms with E-state index in [0.717, 1.165) is 32.2 Å². The third-order valence-electron chi connectivity index (χ3n) is 6.26. The molecule has 0 saturated carbocycles. The van der Waals surface area contributed by atoms with Gasteiger partial charge >= 0.3 is 16.6 Å². The summed E-state index contributed by atoms with van der Waals surface area (Å²) in [6.45, 7) is 4.40. The average Bonchev–Trinajstić information content (AvgIpc) is 2.74. The minimum atomic E-state index is -5.06. The molecule has 1 aromatic carbocycles. The Labute approximate surface area is 201 Å². The number of carbonyl (C=O) groups is 1. The Kier molecular flexibility index (Phi) is 8.36. The van der Waals surface area contributed by atoms with Gasteiger partial charge in [-0.15, -0.1) is 0 Å². The Morgan fingerprint density at radius 1 is 1.21 bits per heavy atom. The van der Waals surface area contributed by atoms with Crippen LogP contribution in [-0.4, -0.2) is 92.0 Å². The van der Waals surface area contributed by atoms with E-state index in [-0.39, 0.29) is 11.6 Å². The Hall–Kier alpha value is -1.64. The van der Waals surface area contributed by atoms with Gasteiger partial charge in [0.1, 0.15) is 0 Å². The maximum Gasteiger partial charge on any atom is 0.418 e. The van der Waals surface area contributed by atoms with Crippen LogP contribution in [0.4, 0.5) is 18.9 Å². The van der Waals surface area contributed by atoms with E-state index in [4.69, 9.17) is 17.3 Å². The zero-order chi connectivity index (χ0) is 25.3. The summed E-state index contributed by atoms with van der Waals surface area (Å²) < 4.78 is 76.4. The highest BCUT2D eigenvalue weighted by molar-refractivity contribution is 7.80. The molecular formula is C20H28ClF3N4O5S. The molecule has 0 aromatic heterocycles. The van der Waals surface area contributed by atoms with E-state index in [9.17, 15) is 30.9 Å². The number of benzene rings is 1. The van der Waals surface area contributed by atoms with Gasteiger partial charge in [0.25, 0.3) is 5.91 Å². The number of nitrogens with two attached hydrogens (primary N) is 1. The fourth-order valence-electron chi connectivity index (χ4n) is 4.39. The second-order valence-electron chi connectivity index (χ2n) is 8.65. The van der Waals surface area contributed by atoms with Gasteiger partial charge in [-0.1, -0.05) is 11.6 Å². The van der Waals surface area contributed by atoms with Crippen molar-refractivity contribution in [1.29, 1.82) is 0 Å². The van der Waals surface area contributed by atoms with Gasteiger partial charge in [0.05, 0.1) is 16.3 Å². The van der Waals surface area contributed by atoms with Gasteiger partial charge < -0.3 is 15.5 Å². The van der Waals surface area contributed by atoms with Crippen LogP contribution in [0.1, 0.15) is 24.0 Å². The minimum Gasteiger partial charge on any atom is -0.397 e. The molecule has 1 atom stereocenters. The molecular weight excluding hydrogens is 501 g/mol. The molecule has 0 aliphatic carbocycles. The minimum absolute atomic E-state index is 0.110. The van der Waals surface area contributed by atoms with E-state index in [0.29, 0.717) is 32.0 Å². The highest BCUT2D eigenvalue weighted by Crippen LogP contribution is 2.38. The molecule has 9 nitrogen and oxygen atoms in total. The van der Waals surface area contributed by atoms with Crippen LogP contribution in [0.3, 0.4) is 0 Å². The van der Waals surface area contributed by atoms with Crippen molar-refractivity contribution < 1.29 is 35.1 Å². The Bertz CT molecular complexity index is 995. The van der Waals surface area contributed by atoms with E-state index < -0.39 is 51.3 Å². The van der Waals surface area contributed by atoms with Crippen molar-refractivity contribution in [2.45, 2.75) is 37.6 Å². The molecule has 2 heterocycles. The van der Waals surface area contributed by atoms with Crippen LogP contribution in [0, 0.1) is 0 Å². The first-order chi connectivity index (χ1) is 15.7. The van der Waals surface area contributed by atoms with Gasteiger partial charge in [0, 0.05) is 51.7 Å². The zero-order valence-corrected chi connectivity index (χ0v) is 20.2. The molecule has 34 heavy (non-hydrogen) atoms. The summed E-state index contributed by atoms with van der Waals surface area (Å²) in [5.74, 6) is -0.740. The number of likely N-dealkylation sites (tertiary alicyclic amines) is 1. The van der Waals surface area contributed by atoms with Crippen LogP contribution in [-0.2, 0) is 32.0 Å². The van der Waals surface area contributed by atoms with E-state index in [2.05, 4.69) is 21.0 Å². The zero-order valence-electron chi connectivity index (χ0n) is 18.6. The SMILES string of the molecule is CN1CCN(C2CCN(C(=O)C(Cc3cc(Cl)c(N)c(C(F)(F)F)c3)OS(=O)(=O)O)CC2)CC1. The van der Waals surface area contributed by atoms with Crippen molar-refractivity contribution in [3.05, 3.63) is 28.3 Å². The number of halogens is 4. The molecule has 1 aromatic rings. The maximum absolute atomic E-state index is 13.3. The van der Waals surface area contributed by atoms with E-state index in [1.807, 2.05) is 0 Å². The lowest BCUT2D eigenvalue weighted by atomic mass is 9.99. The molecule has 1 unspecified atom stereocenters. The number of likely N-dealkylation sites (N-methyl/N-ethyl adjacent to an activating group) is 1. The highest BCUT2D eigenvalue weighted by atomic mass is 35.5. The fourth-order valence-corrected chi connectivity index (χ4v) is 5.08. The maximum atomic E-state index is 13.3. The predicted octanol–water partition coefficient (Wildman–Crippen LogP) is 1.91. The van der Waals surface area contributed by atoms with Crippen LogP contribution in [0.15, 0.2) is 12.1 Å². The quantitative estimate of drug-likeness (QED) is 0.425. The van der Waals surface area contributed by atoms with Crippen molar-refractivity contribution in [2.75, 3.05) is 52.0 Å². The number of piperazine rings is 1. The lowest BCUT2D eigenvalue weighted by Crippen LogP contribution is -2.54. The summed E-state index contributed by atoms with van der Waals surface area (Å²) in [6.07, 6.45) is -5.78. The van der Waals surface area contributed by atoms with Crippen molar-refractivity contribution >= 4 is 33.6 Å². The highest BCUT2D eigenvalue weighted by Gasteiger charge is 2.37. The first-order valence-corrected chi connectivity index (χ1v) is 12.5. The Balaban J connectivity index is 1.73. The van der Waals surface area contributed by atoms with Gasteiger partial charge in [0.15, 0.2) is 6.10 Å². The number of hydrogen-bond donors (Lipinski definition) is 2. The standard InChI is InChI=1S/C20H28ClF3N4O5S/c1-26-6-8-27(9-7-26)14-2-4-28(5-3-14)19(29)17(33-34(30,31)32)12-13-10-15(20(22,23)24)18(25)16(21)11-13/h10-11,14,17H,2-9,12,25H2,1H3,(H,30,31,32). The number of piperidine rings is 1. The summed E-state index contributed by atoms with van der Waals surface area (Å²) >= 11 is 5.83. The van der Waals surface area contributed by atoms with Crippen LogP contribution in [0.2, 0.25) is 5.02 Å². The number of alkyl halides is 3.